The van der Waals surface area contributed by atoms with Gasteiger partial charge >= 0.3 is 0 Å². The Morgan fingerprint density at radius 3 is 2.97 bits per heavy atom. The number of ether oxygens (including phenoxy) is 1. The molecule has 9 nitrogen and oxygen atoms in total. The van der Waals surface area contributed by atoms with Crippen LogP contribution in [-0.2, 0) is 14.3 Å². The molecule has 30 heavy (non-hydrogen) atoms. The molecule has 1 aliphatic heterocycles. The Balaban J connectivity index is 1.65. The second kappa shape index (κ2) is 7.84. The highest BCUT2D eigenvalue weighted by atomic mass is 35.5. The van der Waals surface area contributed by atoms with Crippen LogP contribution in [0.5, 0.6) is 0 Å². The summed E-state index contributed by atoms with van der Waals surface area (Å²) in [5, 5.41) is 5.29. The van der Waals surface area contributed by atoms with Crippen molar-refractivity contribution in [2.45, 2.75) is 25.5 Å². The van der Waals surface area contributed by atoms with Crippen molar-refractivity contribution in [2.24, 2.45) is 5.84 Å². The number of carbonyl (C=O) groups excluding carboxylic acids is 2. The van der Waals surface area contributed by atoms with Gasteiger partial charge in [-0.15, -0.1) is 0 Å². The monoisotopic (exact) mass is 430 g/mol. The number of carbonyl (C=O) groups is 2. The van der Waals surface area contributed by atoms with Crippen LogP contribution in [0.2, 0.25) is 5.02 Å². The lowest BCUT2D eigenvalue weighted by Gasteiger charge is -2.42. The number of hydrogen-bond donors (Lipinski definition) is 4. The first-order valence-corrected chi connectivity index (χ1v) is 9.88. The maximum Gasteiger partial charge on any atom is 0.248 e. The molecule has 1 aromatic carbocycles. The molecule has 1 aliphatic rings. The van der Waals surface area contributed by atoms with E-state index in [0.717, 1.165) is 21.8 Å². The first-order valence-electron chi connectivity index (χ1n) is 9.51. The number of pyridine rings is 1. The van der Waals surface area contributed by atoms with Crippen molar-refractivity contribution >= 4 is 50.9 Å². The fourth-order valence-electron chi connectivity index (χ4n) is 3.82. The standard InChI is InChI=1S/C20H23ClN6O3/c1-20(2)10-27(8-17(28)26-22)16(9-30-20)19(29)25-14-6-11(21)5-13-12-3-4-23-7-15(12)24-18(13)14/h3-7,16,24H,8-10,22H2,1-2H3,(H,25,29)(H,26,28)/t16-/m0/s1. The summed E-state index contributed by atoms with van der Waals surface area (Å²) in [7, 11) is 0. The molecule has 2 aromatic heterocycles. The Morgan fingerprint density at radius 2 is 2.20 bits per heavy atom. The van der Waals surface area contributed by atoms with Crippen LogP contribution < -0.4 is 16.6 Å². The number of fused-ring (bicyclic) bond motifs is 3. The van der Waals surface area contributed by atoms with Gasteiger partial charge in [0.05, 0.1) is 41.7 Å². The van der Waals surface area contributed by atoms with Crippen LogP contribution in [0.1, 0.15) is 13.8 Å². The van der Waals surface area contributed by atoms with Gasteiger partial charge in [0.25, 0.3) is 0 Å². The minimum absolute atomic E-state index is 0.00953. The molecule has 3 aromatic rings. The molecule has 1 saturated heterocycles. The first kappa shape index (κ1) is 20.5. The van der Waals surface area contributed by atoms with E-state index in [-0.39, 0.29) is 25.0 Å². The van der Waals surface area contributed by atoms with Gasteiger partial charge in [-0.2, -0.15) is 0 Å². The van der Waals surface area contributed by atoms with Crippen LogP contribution in [0, 0.1) is 0 Å². The van der Waals surface area contributed by atoms with Gasteiger partial charge in [-0.1, -0.05) is 11.6 Å². The number of H-pyrrole nitrogens is 1. The first-order chi connectivity index (χ1) is 14.3. The molecule has 0 spiro atoms. The van der Waals surface area contributed by atoms with E-state index in [2.05, 4.69) is 20.7 Å². The van der Waals surface area contributed by atoms with E-state index in [4.69, 9.17) is 22.2 Å². The van der Waals surface area contributed by atoms with Crippen LogP contribution in [0.4, 0.5) is 5.69 Å². The Morgan fingerprint density at radius 1 is 1.40 bits per heavy atom. The topological polar surface area (TPSA) is 125 Å². The summed E-state index contributed by atoms with van der Waals surface area (Å²) < 4.78 is 5.83. The maximum atomic E-state index is 13.2. The van der Waals surface area contributed by atoms with E-state index in [1.165, 1.54) is 0 Å². The van der Waals surface area contributed by atoms with E-state index in [1.807, 2.05) is 26.0 Å². The number of amides is 2. The molecular weight excluding hydrogens is 408 g/mol. The highest BCUT2D eigenvalue weighted by molar-refractivity contribution is 6.33. The molecule has 1 fully saturated rings. The summed E-state index contributed by atoms with van der Waals surface area (Å²) in [5.74, 6) is 4.56. The number of anilines is 1. The Kier molecular flexibility index (Phi) is 5.37. The van der Waals surface area contributed by atoms with E-state index in [1.54, 1.807) is 23.4 Å². The van der Waals surface area contributed by atoms with E-state index in [0.29, 0.717) is 17.3 Å². The Hall–Kier alpha value is -2.72. The van der Waals surface area contributed by atoms with Crippen LogP contribution in [0.25, 0.3) is 21.8 Å². The molecule has 0 aliphatic carbocycles. The quantitative estimate of drug-likeness (QED) is 0.284. The van der Waals surface area contributed by atoms with Crippen molar-refractivity contribution in [1.29, 1.82) is 0 Å². The number of nitrogens with two attached hydrogens (primary N) is 1. The minimum atomic E-state index is -0.657. The van der Waals surface area contributed by atoms with Gasteiger partial charge in [0, 0.05) is 28.5 Å². The van der Waals surface area contributed by atoms with E-state index >= 15 is 0 Å². The van der Waals surface area contributed by atoms with Gasteiger partial charge in [0.2, 0.25) is 11.8 Å². The summed E-state index contributed by atoms with van der Waals surface area (Å²) >= 11 is 6.32. The maximum absolute atomic E-state index is 13.2. The van der Waals surface area contributed by atoms with Crippen molar-refractivity contribution in [3.8, 4) is 0 Å². The number of benzene rings is 1. The number of hydrogen-bond acceptors (Lipinski definition) is 6. The van der Waals surface area contributed by atoms with Crippen molar-refractivity contribution in [1.82, 2.24) is 20.3 Å². The Bertz CT molecular complexity index is 1130. The summed E-state index contributed by atoms with van der Waals surface area (Å²) in [5.41, 5.74) is 3.77. The molecule has 10 heteroatoms. The molecule has 2 amide bonds. The van der Waals surface area contributed by atoms with Gasteiger partial charge in [0.1, 0.15) is 6.04 Å². The summed E-state index contributed by atoms with van der Waals surface area (Å²) in [6.45, 7) is 4.37. The lowest BCUT2D eigenvalue weighted by Crippen LogP contribution is -2.60. The van der Waals surface area contributed by atoms with Crippen molar-refractivity contribution in [3.63, 3.8) is 0 Å². The van der Waals surface area contributed by atoms with Gasteiger partial charge in [-0.3, -0.25) is 24.9 Å². The molecule has 5 N–H and O–H groups in total. The molecule has 0 saturated carbocycles. The average molecular weight is 431 g/mol. The number of rotatable bonds is 4. The van der Waals surface area contributed by atoms with E-state index < -0.39 is 11.6 Å². The zero-order chi connectivity index (χ0) is 21.5. The number of hydrazine groups is 1. The third-order valence-electron chi connectivity index (χ3n) is 5.20. The largest absolute Gasteiger partial charge is 0.372 e. The summed E-state index contributed by atoms with van der Waals surface area (Å²) in [4.78, 5) is 34.2. The number of morpholine rings is 1. The number of aromatic nitrogens is 2. The Labute approximate surface area is 177 Å². The SMILES string of the molecule is CC1(C)CN(CC(=O)NN)[C@H](C(=O)Nc2cc(Cl)cc3c2[nH]c2cnccc23)CO1. The minimum Gasteiger partial charge on any atom is -0.372 e. The average Bonchev–Trinajstić information content (AvgIpc) is 3.06. The van der Waals surface area contributed by atoms with Crippen molar-refractivity contribution in [3.05, 3.63) is 35.6 Å². The van der Waals surface area contributed by atoms with Crippen LogP contribution in [0.15, 0.2) is 30.6 Å². The zero-order valence-electron chi connectivity index (χ0n) is 16.7. The molecular formula is C20H23ClN6O3. The van der Waals surface area contributed by atoms with Crippen LogP contribution in [0.3, 0.4) is 0 Å². The van der Waals surface area contributed by atoms with Gasteiger partial charge in [-0.25, -0.2) is 5.84 Å². The number of aromatic amines is 1. The second-order valence-corrected chi connectivity index (χ2v) is 8.41. The molecule has 1 atom stereocenters. The number of halogens is 1. The molecule has 158 valence electrons. The fraction of sp³-hybridized carbons (Fsp3) is 0.350. The number of nitrogens with one attached hydrogen (secondary N) is 3. The highest BCUT2D eigenvalue weighted by Gasteiger charge is 2.38. The summed E-state index contributed by atoms with van der Waals surface area (Å²) in [6.07, 6.45) is 3.43. The van der Waals surface area contributed by atoms with Crippen LogP contribution in [-0.4, -0.2) is 58.0 Å². The third kappa shape index (κ3) is 3.97. The van der Waals surface area contributed by atoms with Crippen molar-refractivity contribution in [2.75, 3.05) is 25.0 Å². The number of nitrogens with zero attached hydrogens (tertiary/aromatic N) is 2. The second-order valence-electron chi connectivity index (χ2n) is 7.97. The van der Waals surface area contributed by atoms with Gasteiger partial charge in [0.15, 0.2) is 0 Å². The summed E-state index contributed by atoms with van der Waals surface area (Å²) in [6, 6.07) is 4.76. The lowest BCUT2D eigenvalue weighted by molar-refractivity contribution is -0.146. The highest BCUT2D eigenvalue weighted by Crippen LogP contribution is 2.33. The molecule has 4 rings (SSSR count). The van der Waals surface area contributed by atoms with Crippen molar-refractivity contribution < 1.29 is 14.3 Å². The normalized spacial score (nSPS) is 19.1. The molecule has 0 radical (unpaired) electrons. The van der Waals surface area contributed by atoms with E-state index in [9.17, 15) is 9.59 Å². The molecule has 3 heterocycles. The zero-order valence-corrected chi connectivity index (χ0v) is 17.4. The predicted molar refractivity (Wildman–Crippen MR) is 115 cm³/mol. The lowest BCUT2D eigenvalue weighted by atomic mass is 10.0. The smallest absolute Gasteiger partial charge is 0.248 e. The predicted octanol–water partition coefficient (Wildman–Crippen LogP) is 1.78. The van der Waals surface area contributed by atoms with Gasteiger partial charge in [-0.05, 0) is 32.0 Å². The fourth-order valence-corrected chi connectivity index (χ4v) is 4.04. The van der Waals surface area contributed by atoms with Gasteiger partial charge < -0.3 is 15.0 Å². The van der Waals surface area contributed by atoms with Crippen LogP contribution >= 0.6 is 11.6 Å². The molecule has 0 bridgehead atoms. The third-order valence-corrected chi connectivity index (χ3v) is 5.42. The molecule has 0 unspecified atom stereocenters.